The first-order chi connectivity index (χ1) is 16.0. The third-order valence-corrected chi connectivity index (χ3v) is 5.27. The number of methoxy groups -OCH3 is 3. The van der Waals surface area contributed by atoms with Gasteiger partial charge in [0.25, 0.3) is 11.5 Å². The molecule has 1 N–H and O–H groups in total. The van der Waals surface area contributed by atoms with Crippen LogP contribution in [0.15, 0.2) is 71.8 Å². The number of rotatable bonds is 7. The van der Waals surface area contributed by atoms with Gasteiger partial charge in [0.05, 0.1) is 37.9 Å². The lowest BCUT2D eigenvalue weighted by Gasteiger charge is -2.12. The zero-order valence-corrected chi connectivity index (χ0v) is 18.5. The van der Waals surface area contributed by atoms with Crippen molar-refractivity contribution in [1.82, 2.24) is 14.9 Å². The van der Waals surface area contributed by atoms with Crippen LogP contribution in [0, 0.1) is 0 Å². The molecule has 3 aromatic carbocycles. The zero-order valence-electron chi connectivity index (χ0n) is 18.5. The Labute approximate surface area is 190 Å². The quantitative estimate of drug-likeness (QED) is 0.469. The molecular formula is C25H23N3O5. The fourth-order valence-electron chi connectivity index (χ4n) is 3.54. The van der Waals surface area contributed by atoms with E-state index in [9.17, 15) is 9.59 Å². The first kappa shape index (κ1) is 21.9. The van der Waals surface area contributed by atoms with E-state index in [0.717, 1.165) is 5.56 Å². The standard InChI is InChI=1S/C25H23N3O5/c1-31-21-7-5-4-6-20(21)28-15-27-19-13-17(9-10-18(19)25(28)30)24(29)26-14-16-8-11-22(32-2)23(12-16)33-3/h4-13,15H,14H2,1-3H3,(H,26,29). The summed E-state index contributed by atoms with van der Waals surface area (Å²) in [6, 6.07) is 17.5. The molecule has 0 aliphatic rings. The van der Waals surface area contributed by atoms with Crippen LogP contribution in [-0.4, -0.2) is 36.8 Å². The van der Waals surface area contributed by atoms with Crippen LogP contribution in [0.1, 0.15) is 15.9 Å². The number of fused-ring (bicyclic) bond motifs is 1. The molecule has 1 amide bonds. The van der Waals surface area contributed by atoms with Gasteiger partial charge in [-0.3, -0.25) is 14.2 Å². The van der Waals surface area contributed by atoms with Gasteiger partial charge in [-0.05, 0) is 48.0 Å². The molecule has 0 radical (unpaired) electrons. The molecule has 0 saturated heterocycles. The molecule has 0 spiro atoms. The monoisotopic (exact) mass is 445 g/mol. The average molecular weight is 445 g/mol. The lowest BCUT2D eigenvalue weighted by atomic mass is 10.1. The number of carbonyl (C=O) groups excluding carboxylic acids is 1. The van der Waals surface area contributed by atoms with Gasteiger partial charge in [0.1, 0.15) is 12.1 Å². The van der Waals surface area contributed by atoms with Crippen LogP contribution in [-0.2, 0) is 6.54 Å². The highest BCUT2D eigenvalue weighted by molar-refractivity contribution is 5.97. The lowest BCUT2D eigenvalue weighted by molar-refractivity contribution is 0.0951. The number of hydrogen-bond acceptors (Lipinski definition) is 6. The minimum atomic E-state index is -0.276. The molecular weight excluding hydrogens is 422 g/mol. The summed E-state index contributed by atoms with van der Waals surface area (Å²) in [6.07, 6.45) is 1.44. The largest absolute Gasteiger partial charge is 0.495 e. The molecule has 0 aliphatic carbocycles. The lowest BCUT2D eigenvalue weighted by Crippen LogP contribution is -2.23. The number of para-hydroxylation sites is 2. The summed E-state index contributed by atoms with van der Waals surface area (Å²) in [7, 11) is 4.67. The Morgan fingerprint density at radius 1 is 0.909 bits per heavy atom. The second-order valence-electron chi connectivity index (χ2n) is 7.20. The van der Waals surface area contributed by atoms with Gasteiger partial charge in [0.15, 0.2) is 11.5 Å². The normalized spacial score (nSPS) is 10.6. The van der Waals surface area contributed by atoms with Crippen molar-refractivity contribution in [1.29, 1.82) is 0 Å². The Balaban J connectivity index is 1.57. The van der Waals surface area contributed by atoms with Gasteiger partial charge in [0.2, 0.25) is 0 Å². The van der Waals surface area contributed by atoms with E-state index < -0.39 is 0 Å². The fourth-order valence-corrected chi connectivity index (χ4v) is 3.54. The second kappa shape index (κ2) is 9.44. The summed E-state index contributed by atoms with van der Waals surface area (Å²) in [6.45, 7) is 0.306. The third kappa shape index (κ3) is 4.36. The Hall–Kier alpha value is -4.33. The van der Waals surface area contributed by atoms with Crippen molar-refractivity contribution in [3.8, 4) is 22.9 Å². The van der Waals surface area contributed by atoms with Crippen molar-refractivity contribution >= 4 is 16.8 Å². The van der Waals surface area contributed by atoms with Crippen LogP contribution >= 0.6 is 0 Å². The van der Waals surface area contributed by atoms with E-state index in [2.05, 4.69) is 10.3 Å². The van der Waals surface area contributed by atoms with Gasteiger partial charge in [0, 0.05) is 12.1 Å². The van der Waals surface area contributed by atoms with E-state index in [4.69, 9.17) is 14.2 Å². The van der Waals surface area contributed by atoms with E-state index >= 15 is 0 Å². The number of ether oxygens (including phenoxy) is 3. The number of aromatic nitrogens is 2. The zero-order chi connectivity index (χ0) is 23.4. The van der Waals surface area contributed by atoms with Crippen molar-refractivity contribution in [2.24, 2.45) is 0 Å². The molecule has 0 atom stereocenters. The molecule has 0 aliphatic heterocycles. The van der Waals surface area contributed by atoms with Gasteiger partial charge in [-0.1, -0.05) is 18.2 Å². The van der Waals surface area contributed by atoms with Gasteiger partial charge in [-0.2, -0.15) is 0 Å². The number of hydrogen-bond donors (Lipinski definition) is 1. The maximum Gasteiger partial charge on any atom is 0.265 e. The highest BCUT2D eigenvalue weighted by atomic mass is 16.5. The predicted molar refractivity (Wildman–Crippen MR) is 125 cm³/mol. The molecule has 8 heteroatoms. The third-order valence-electron chi connectivity index (χ3n) is 5.27. The van der Waals surface area contributed by atoms with E-state index in [1.165, 1.54) is 10.9 Å². The molecule has 1 aromatic heterocycles. The van der Waals surface area contributed by atoms with E-state index in [-0.39, 0.29) is 11.5 Å². The van der Waals surface area contributed by atoms with E-state index in [0.29, 0.717) is 45.9 Å². The molecule has 168 valence electrons. The molecule has 4 rings (SSSR count). The molecule has 0 unspecified atom stereocenters. The van der Waals surface area contributed by atoms with Gasteiger partial charge < -0.3 is 19.5 Å². The number of benzene rings is 3. The van der Waals surface area contributed by atoms with Crippen LogP contribution in [0.5, 0.6) is 17.2 Å². The smallest absolute Gasteiger partial charge is 0.265 e. The molecule has 4 aromatic rings. The maximum absolute atomic E-state index is 13.0. The topological polar surface area (TPSA) is 91.7 Å². The maximum atomic E-state index is 13.0. The first-order valence-corrected chi connectivity index (χ1v) is 10.2. The van der Waals surface area contributed by atoms with Gasteiger partial charge in [-0.25, -0.2) is 4.98 Å². The predicted octanol–water partition coefficient (Wildman–Crippen LogP) is 3.34. The number of nitrogens with one attached hydrogen (secondary N) is 1. The van der Waals surface area contributed by atoms with E-state index in [1.54, 1.807) is 63.8 Å². The fraction of sp³-hybridized carbons (Fsp3) is 0.160. The van der Waals surface area contributed by atoms with E-state index in [1.807, 2.05) is 18.2 Å². The number of nitrogens with zero attached hydrogens (tertiary/aromatic N) is 2. The van der Waals surface area contributed by atoms with Crippen LogP contribution in [0.25, 0.3) is 16.6 Å². The molecule has 33 heavy (non-hydrogen) atoms. The average Bonchev–Trinajstić information content (AvgIpc) is 2.87. The van der Waals surface area contributed by atoms with Crippen molar-refractivity contribution in [3.63, 3.8) is 0 Å². The first-order valence-electron chi connectivity index (χ1n) is 10.2. The van der Waals surface area contributed by atoms with Crippen LogP contribution < -0.4 is 25.1 Å². The van der Waals surface area contributed by atoms with Crippen LogP contribution in [0.2, 0.25) is 0 Å². The Kier molecular flexibility index (Phi) is 6.26. The second-order valence-corrected chi connectivity index (χ2v) is 7.20. The summed E-state index contributed by atoms with van der Waals surface area (Å²) in [5, 5.41) is 3.28. The minimum Gasteiger partial charge on any atom is -0.495 e. The summed E-state index contributed by atoms with van der Waals surface area (Å²) >= 11 is 0. The Morgan fingerprint density at radius 2 is 1.67 bits per heavy atom. The van der Waals surface area contributed by atoms with Gasteiger partial charge in [-0.15, -0.1) is 0 Å². The number of carbonyl (C=O) groups is 1. The molecule has 0 fully saturated rings. The Bertz CT molecular complexity index is 1380. The van der Waals surface area contributed by atoms with Crippen LogP contribution in [0.3, 0.4) is 0 Å². The molecule has 1 heterocycles. The highest BCUT2D eigenvalue weighted by Gasteiger charge is 2.13. The summed E-state index contributed by atoms with van der Waals surface area (Å²) in [5.41, 5.74) is 2.05. The molecule has 8 nitrogen and oxygen atoms in total. The Morgan fingerprint density at radius 3 is 2.42 bits per heavy atom. The number of amides is 1. The van der Waals surface area contributed by atoms with Crippen molar-refractivity contribution in [3.05, 3.63) is 88.5 Å². The molecule has 0 saturated carbocycles. The minimum absolute atomic E-state index is 0.248. The van der Waals surface area contributed by atoms with Gasteiger partial charge >= 0.3 is 0 Å². The highest BCUT2D eigenvalue weighted by Crippen LogP contribution is 2.27. The SMILES string of the molecule is COc1ccc(CNC(=O)c2ccc3c(=O)n(-c4ccccc4OC)cnc3c2)cc1OC. The van der Waals surface area contributed by atoms with Crippen molar-refractivity contribution in [2.75, 3.05) is 21.3 Å². The summed E-state index contributed by atoms with van der Waals surface area (Å²) in [5.74, 6) is 1.49. The van der Waals surface area contributed by atoms with Crippen molar-refractivity contribution < 1.29 is 19.0 Å². The summed E-state index contributed by atoms with van der Waals surface area (Å²) < 4.78 is 17.3. The summed E-state index contributed by atoms with van der Waals surface area (Å²) in [4.78, 5) is 30.1. The van der Waals surface area contributed by atoms with Crippen LogP contribution in [0.4, 0.5) is 0 Å². The van der Waals surface area contributed by atoms with Crippen molar-refractivity contribution in [2.45, 2.75) is 6.54 Å². The molecule has 0 bridgehead atoms.